The summed E-state index contributed by atoms with van der Waals surface area (Å²) in [7, 11) is 3.98. The second-order valence-electron chi connectivity index (χ2n) is 6.58. The molecule has 27 heavy (non-hydrogen) atoms. The van der Waals surface area contributed by atoms with Gasteiger partial charge in [-0.15, -0.1) is 0 Å². The van der Waals surface area contributed by atoms with Crippen LogP contribution in [-0.4, -0.2) is 30.0 Å². The number of nitrogens with one attached hydrogen (secondary N) is 2. The van der Waals surface area contributed by atoms with Crippen LogP contribution in [0, 0.1) is 13.8 Å². The fraction of sp³-hybridized carbons (Fsp3) is 0.190. The summed E-state index contributed by atoms with van der Waals surface area (Å²) >= 11 is 0. The number of aromatic nitrogens is 2. The number of benzene rings is 2. The lowest BCUT2D eigenvalue weighted by Gasteiger charge is -2.13. The number of carbonyl (C=O) groups excluding carboxylic acids is 1. The quantitative estimate of drug-likeness (QED) is 0.714. The van der Waals surface area contributed by atoms with Gasteiger partial charge in [-0.25, -0.2) is 9.97 Å². The lowest BCUT2D eigenvalue weighted by Crippen LogP contribution is -2.15. The Bertz CT molecular complexity index is 951. The number of nitrogens with zero attached hydrogens (tertiary/aromatic N) is 3. The fourth-order valence-corrected chi connectivity index (χ4v) is 2.53. The van der Waals surface area contributed by atoms with Crippen LogP contribution in [0.25, 0.3) is 0 Å². The van der Waals surface area contributed by atoms with Gasteiger partial charge in [0.05, 0.1) is 0 Å². The van der Waals surface area contributed by atoms with Crippen LogP contribution >= 0.6 is 0 Å². The van der Waals surface area contributed by atoms with E-state index < -0.39 is 0 Å². The van der Waals surface area contributed by atoms with Gasteiger partial charge in [0.25, 0.3) is 5.91 Å². The highest BCUT2D eigenvalue weighted by Gasteiger charge is 2.10. The van der Waals surface area contributed by atoms with Crippen LogP contribution in [0.3, 0.4) is 0 Å². The Kier molecular flexibility index (Phi) is 5.35. The highest BCUT2D eigenvalue weighted by Crippen LogP contribution is 2.19. The summed E-state index contributed by atoms with van der Waals surface area (Å²) in [6.07, 6.45) is 1.57. The first kappa shape index (κ1) is 18.4. The largest absolute Gasteiger partial charge is 0.378 e. The molecule has 0 aliphatic carbocycles. The van der Waals surface area contributed by atoms with Crippen LogP contribution in [0.1, 0.15) is 21.6 Å². The molecule has 3 aromatic rings. The summed E-state index contributed by atoms with van der Waals surface area (Å²) in [4.78, 5) is 23.0. The van der Waals surface area contributed by atoms with Gasteiger partial charge in [-0.05, 0) is 67.4 Å². The predicted molar refractivity (Wildman–Crippen MR) is 110 cm³/mol. The van der Waals surface area contributed by atoms with E-state index in [0.29, 0.717) is 11.6 Å². The summed E-state index contributed by atoms with van der Waals surface area (Å²) in [6, 6.07) is 15.3. The van der Waals surface area contributed by atoms with Gasteiger partial charge >= 0.3 is 0 Å². The molecular formula is C21H23N5O. The molecule has 3 rings (SSSR count). The van der Waals surface area contributed by atoms with Crippen molar-refractivity contribution in [2.75, 3.05) is 29.6 Å². The number of hydrogen-bond donors (Lipinski definition) is 2. The number of amides is 1. The number of carbonyl (C=O) groups is 1. The molecule has 2 N–H and O–H groups in total. The molecule has 6 nitrogen and oxygen atoms in total. The van der Waals surface area contributed by atoms with Crippen molar-refractivity contribution >= 4 is 28.9 Å². The van der Waals surface area contributed by atoms with Gasteiger partial charge in [0.15, 0.2) is 0 Å². The van der Waals surface area contributed by atoms with Gasteiger partial charge in [0.2, 0.25) is 5.95 Å². The Balaban J connectivity index is 1.72. The number of rotatable bonds is 5. The summed E-state index contributed by atoms with van der Waals surface area (Å²) in [5.41, 5.74) is 5.31. The molecule has 0 atom stereocenters. The predicted octanol–water partition coefficient (Wildman–Crippen LogP) is 4.16. The maximum atomic E-state index is 12.5. The average molecular weight is 361 g/mol. The van der Waals surface area contributed by atoms with Crippen molar-refractivity contribution in [1.82, 2.24) is 9.97 Å². The third-order valence-electron chi connectivity index (χ3n) is 4.29. The van der Waals surface area contributed by atoms with Gasteiger partial charge in [-0.1, -0.05) is 6.07 Å². The van der Waals surface area contributed by atoms with E-state index in [-0.39, 0.29) is 5.91 Å². The molecule has 6 heteroatoms. The molecule has 0 radical (unpaired) electrons. The Morgan fingerprint density at radius 2 is 1.63 bits per heavy atom. The van der Waals surface area contributed by atoms with E-state index in [9.17, 15) is 4.79 Å². The molecule has 0 unspecified atom stereocenters. The average Bonchev–Trinajstić information content (AvgIpc) is 2.65. The molecule has 0 saturated carbocycles. The van der Waals surface area contributed by atoms with Gasteiger partial charge < -0.3 is 15.5 Å². The first-order chi connectivity index (χ1) is 12.9. The SMILES string of the molecule is Cc1ccc(NC(=O)c2ccnc(Nc3ccc(N(C)C)cc3)n2)cc1C. The first-order valence-corrected chi connectivity index (χ1v) is 8.68. The van der Waals surface area contributed by atoms with Crippen molar-refractivity contribution in [3.05, 3.63) is 71.5 Å². The highest BCUT2D eigenvalue weighted by atomic mass is 16.1. The van der Waals surface area contributed by atoms with Crippen molar-refractivity contribution in [2.45, 2.75) is 13.8 Å². The van der Waals surface area contributed by atoms with Crippen LogP contribution in [0.5, 0.6) is 0 Å². The third kappa shape index (κ3) is 4.61. The van der Waals surface area contributed by atoms with E-state index in [1.54, 1.807) is 12.3 Å². The van der Waals surface area contributed by atoms with Crippen LogP contribution < -0.4 is 15.5 Å². The molecule has 0 aliphatic heterocycles. The first-order valence-electron chi connectivity index (χ1n) is 8.68. The summed E-state index contributed by atoms with van der Waals surface area (Å²) in [5, 5.41) is 6.00. The zero-order chi connectivity index (χ0) is 19.4. The minimum Gasteiger partial charge on any atom is -0.378 e. The lowest BCUT2D eigenvalue weighted by atomic mass is 10.1. The second-order valence-corrected chi connectivity index (χ2v) is 6.58. The van der Waals surface area contributed by atoms with Crippen molar-refractivity contribution in [1.29, 1.82) is 0 Å². The van der Waals surface area contributed by atoms with Gasteiger partial charge in [-0.3, -0.25) is 4.79 Å². The Morgan fingerprint density at radius 3 is 2.30 bits per heavy atom. The van der Waals surface area contributed by atoms with Crippen molar-refractivity contribution in [3.8, 4) is 0 Å². The molecule has 138 valence electrons. The van der Waals surface area contributed by atoms with E-state index in [1.165, 1.54) is 5.56 Å². The third-order valence-corrected chi connectivity index (χ3v) is 4.29. The van der Waals surface area contributed by atoms with E-state index in [1.807, 2.05) is 75.3 Å². The van der Waals surface area contributed by atoms with Crippen molar-refractivity contribution in [3.63, 3.8) is 0 Å². The van der Waals surface area contributed by atoms with Gasteiger partial charge in [0.1, 0.15) is 5.69 Å². The molecule has 1 amide bonds. The zero-order valence-electron chi connectivity index (χ0n) is 15.9. The fourth-order valence-electron chi connectivity index (χ4n) is 2.53. The minimum absolute atomic E-state index is 0.272. The van der Waals surface area contributed by atoms with E-state index in [2.05, 4.69) is 20.6 Å². The van der Waals surface area contributed by atoms with Crippen molar-refractivity contribution < 1.29 is 4.79 Å². The van der Waals surface area contributed by atoms with Gasteiger partial charge in [-0.2, -0.15) is 0 Å². The van der Waals surface area contributed by atoms with E-state index in [4.69, 9.17) is 0 Å². The number of anilines is 4. The van der Waals surface area contributed by atoms with E-state index in [0.717, 1.165) is 22.6 Å². The molecule has 0 bridgehead atoms. The number of aryl methyl sites for hydroxylation is 2. The molecule has 0 aliphatic rings. The molecule has 0 spiro atoms. The standard InChI is InChI=1S/C21H23N5O/c1-14-5-6-17(13-15(14)2)23-20(27)19-11-12-22-21(25-19)24-16-7-9-18(10-8-16)26(3)4/h5-13H,1-4H3,(H,23,27)(H,22,24,25). The summed E-state index contributed by atoms with van der Waals surface area (Å²) in [5.74, 6) is 0.104. The van der Waals surface area contributed by atoms with Gasteiger partial charge in [0, 0.05) is 37.4 Å². The van der Waals surface area contributed by atoms with Crippen molar-refractivity contribution in [2.24, 2.45) is 0 Å². The molecule has 1 heterocycles. The monoisotopic (exact) mass is 361 g/mol. The molecule has 0 fully saturated rings. The molecular weight excluding hydrogens is 338 g/mol. The van der Waals surface area contributed by atoms with Crippen LogP contribution in [0.15, 0.2) is 54.7 Å². The smallest absolute Gasteiger partial charge is 0.274 e. The lowest BCUT2D eigenvalue weighted by molar-refractivity contribution is 0.102. The Hall–Kier alpha value is -3.41. The Morgan fingerprint density at radius 1 is 0.926 bits per heavy atom. The minimum atomic E-state index is -0.272. The maximum absolute atomic E-state index is 12.5. The van der Waals surface area contributed by atoms with E-state index >= 15 is 0 Å². The van der Waals surface area contributed by atoms with Crippen LogP contribution in [-0.2, 0) is 0 Å². The molecule has 2 aromatic carbocycles. The maximum Gasteiger partial charge on any atom is 0.274 e. The second kappa shape index (κ2) is 7.86. The summed E-state index contributed by atoms with van der Waals surface area (Å²) < 4.78 is 0. The van der Waals surface area contributed by atoms with Crippen LogP contribution in [0.4, 0.5) is 23.0 Å². The molecule has 1 aromatic heterocycles. The normalized spacial score (nSPS) is 10.4. The topological polar surface area (TPSA) is 70.2 Å². The molecule has 0 saturated heterocycles. The van der Waals surface area contributed by atoms with Crippen LogP contribution in [0.2, 0.25) is 0 Å². The highest BCUT2D eigenvalue weighted by molar-refractivity contribution is 6.03. The zero-order valence-corrected chi connectivity index (χ0v) is 15.9. The summed E-state index contributed by atoms with van der Waals surface area (Å²) in [6.45, 7) is 4.05. The number of hydrogen-bond acceptors (Lipinski definition) is 5. The Labute approximate surface area is 159 Å².